The van der Waals surface area contributed by atoms with E-state index in [1.54, 1.807) is 12.1 Å². The number of carbonyl (C=O) groups is 1. The van der Waals surface area contributed by atoms with Crippen molar-refractivity contribution in [2.45, 2.75) is 0 Å². The number of aliphatic hydroxyl groups is 1. The van der Waals surface area contributed by atoms with Gasteiger partial charge in [0.2, 0.25) is 0 Å². The molecule has 0 fully saturated rings. The third-order valence-electron chi connectivity index (χ3n) is 2.15. The number of rotatable bonds is 6. The summed E-state index contributed by atoms with van der Waals surface area (Å²) in [5.41, 5.74) is 0. The van der Waals surface area contributed by atoms with Gasteiger partial charge in [-0.15, -0.1) is 0 Å². The van der Waals surface area contributed by atoms with Crippen molar-refractivity contribution in [2.24, 2.45) is 0 Å². The van der Waals surface area contributed by atoms with E-state index < -0.39 is 11.9 Å². The Morgan fingerprint density at radius 3 is 2.78 bits per heavy atom. The molecule has 0 heterocycles. The predicted molar refractivity (Wildman–Crippen MR) is 63.0 cm³/mol. The summed E-state index contributed by atoms with van der Waals surface area (Å²) in [6.07, 6.45) is -0.554. The third-order valence-corrected chi connectivity index (χ3v) is 2.15. The van der Waals surface area contributed by atoms with Crippen LogP contribution in [0.3, 0.4) is 0 Å². The molecule has 0 aliphatic rings. The van der Waals surface area contributed by atoms with Crippen molar-refractivity contribution in [1.29, 1.82) is 0 Å². The summed E-state index contributed by atoms with van der Waals surface area (Å²) in [6.45, 7) is 0.160. The van der Waals surface area contributed by atoms with E-state index in [2.05, 4.69) is 4.74 Å². The molecule has 1 rings (SSSR count). The average molecular weight is 257 g/mol. The van der Waals surface area contributed by atoms with E-state index in [0.29, 0.717) is 0 Å². The van der Waals surface area contributed by atoms with Gasteiger partial charge in [0.15, 0.2) is 11.6 Å². The lowest BCUT2D eigenvalue weighted by Crippen LogP contribution is -2.32. The van der Waals surface area contributed by atoms with Gasteiger partial charge in [-0.25, -0.2) is 9.18 Å². The Bertz CT molecular complexity index is 386. The van der Waals surface area contributed by atoms with Gasteiger partial charge < -0.3 is 19.5 Å². The Kier molecular flexibility index (Phi) is 5.93. The van der Waals surface area contributed by atoms with E-state index in [-0.39, 0.29) is 32.1 Å². The van der Waals surface area contributed by atoms with Gasteiger partial charge in [-0.1, -0.05) is 12.1 Å². The minimum atomic E-state index is -0.554. The van der Waals surface area contributed by atoms with Gasteiger partial charge >= 0.3 is 6.09 Å². The fourth-order valence-corrected chi connectivity index (χ4v) is 1.19. The van der Waals surface area contributed by atoms with Gasteiger partial charge in [0.05, 0.1) is 13.2 Å². The zero-order valence-corrected chi connectivity index (χ0v) is 10.1. The molecule has 100 valence electrons. The summed E-state index contributed by atoms with van der Waals surface area (Å²) < 4.78 is 23.1. The van der Waals surface area contributed by atoms with Crippen molar-refractivity contribution in [3.05, 3.63) is 30.1 Å². The van der Waals surface area contributed by atoms with E-state index in [1.807, 2.05) is 0 Å². The van der Waals surface area contributed by atoms with Crippen LogP contribution in [0.2, 0.25) is 0 Å². The Labute approximate surface area is 105 Å². The van der Waals surface area contributed by atoms with Crippen LogP contribution in [0.1, 0.15) is 0 Å². The number of benzene rings is 1. The lowest BCUT2D eigenvalue weighted by molar-refractivity contribution is 0.0870. The second kappa shape index (κ2) is 7.50. The lowest BCUT2D eigenvalue weighted by Gasteiger charge is -2.16. The molecular formula is C12H16FNO4. The van der Waals surface area contributed by atoms with E-state index in [1.165, 1.54) is 24.1 Å². The molecule has 6 heteroatoms. The first-order valence-corrected chi connectivity index (χ1v) is 5.51. The van der Waals surface area contributed by atoms with E-state index >= 15 is 0 Å². The van der Waals surface area contributed by atoms with Crippen LogP contribution in [-0.2, 0) is 4.74 Å². The maximum Gasteiger partial charge on any atom is 0.409 e. The summed E-state index contributed by atoms with van der Waals surface area (Å²) in [6, 6.07) is 6.05. The maximum atomic E-state index is 13.2. The number of nitrogens with zero attached hydrogens (tertiary/aromatic N) is 1. The molecular weight excluding hydrogens is 241 g/mol. The molecule has 0 unspecified atom stereocenters. The summed E-state index contributed by atoms with van der Waals surface area (Å²) in [5.74, 6) is -0.294. The quantitative estimate of drug-likeness (QED) is 0.833. The second-order valence-electron chi connectivity index (χ2n) is 3.54. The molecule has 5 nitrogen and oxygen atoms in total. The van der Waals surface area contributed by atoms with Crippen molar-refractivity contribution in [3.8, 4) is 5.75 Å². The zero-order valence-electron chi connectivity index (χ0n) is 10.1. The normalized spacial score (nSPS) is 9.94. The van der Waals surface area contributed by atoms with Crippen molar-refractivity contribution in [3.63, 3.8) is 0 Å². The molecule has 0 atom stereocenters. The van der Waals surface area contributed by atoms with Gasteiger partial charge in [0, 0.05) is 7.05 Å². The van der Waals surface area contributed by atoms with Gasteiger partial charge in [-0.2, -0.15) is 0 Å². The highest BCUT2D eigenvalue weighted by Crippen LogP contribution is 2.14. The Morgan fingerprint density at radius 1 is 1.39 bits per heavy atom. The van der Waals surface area contributed by atoms with Crippen LogP contribution < -0.4 is 4.74 Å². The van der Waals surface area contributed by atoms with E-state index in [4.69, 9.17) is 9.84 Å². The molecule has 0 aromatic heterocycles. The van der Waals surface area contributed by atoms with Crippen molar-refractivity contribution in [1.82, 2.24) is 4.90 Å². The van der Waals surface area contributed by atoms with Crippen molar-refractivity contribution >= 4 is 6.09 Å². The minimum Gasteiger partial charge on any atom is -0.489 e. The first-order valence-electron chi connectivity index (χ1n) is 5.51. The molecule has 0 radical (unpaired) electrons. The minimum absolute atomic E-state index is 0.0443. The number of para-hydroxylation sites is 1. The fourth-order valence-electron chi connectivity index (χ4n) is 1.19. The van der Waals surface area contributed by atoms with Crippen molar-refractivity contribution < 1.29 is 23.8 Å². The standard InChI is InChI=1S/C12H16FNO4/c1-14(12(16)18-9-7-15)6-8-17-11-5-3-2-4-10(11)13/h2-5,15H,6-9H2,1H3. The number of aliphatic hydroxyl groups excluding tert-OH is 1. The molecule has 0 aliphatic carbocycles. The molecule has 1 amide bonds. The van der Waals surface area contributed by atoms with Gasteiger partial charge in [0.25, 0.3) is 0 Å². The van der Waals surface area contributed by atoms with E-state index in [9.17, 15) is 9.18 Å². The van der Waals surface area contributed by atoms with Crippen molar-refractivity contribution in [2.75, 3.05) is 33.4 Å². The molecule has 0 bridgehead atoms. The number of hydrogen-bond acceptors (Lipinski definition) is 4. The van der Waals surface area contributed by atoms with Gasteiger partial charge in [-0.05, 0) is 12.1 Å². The summed E-state index contributed by atoms with van der Waals surface area (Å²) in [5, 5.41) is 8.49. The van der Waals surface area contributed by atoms with Crippen LogP contribution >= 0.6 is 0 Å². The van der Waals surface area contributed by atoms with Crippen LogP contribution in [0.4, 0.5) is 9.18 Å². The third kappa shape index (κ3) is 4.58. The van der Waals surface area contributed by atoms with Crippen LogP contribution in [0.5, 0.6) is 5.75 Å². The highest BCUT2D eigenvalue weighted by molar-refractivity contribution is 5.67. The van der Waals surface area contributed by atoms with Crippen LogP contribution in [0.15, 0.2) is 24.3 Å². The summed E-state index contributed by atoms with van der Waals surface area (Å²) >= 11 is 0. The Morgan fingerprint density at radius 2 is 2.11 bits per heavy atom. The maximum absolute atomic E-state index is 13.2. The smallest absolute Gasteiger partial charge is 0.409 e. The number of carbonyl (C=O) groups excluding carboxylic acids is 1. The van der Waals surface area contributed by atoms with Crippen LogP contribution in [0.25, 0.3) is 0 Å². The number of halogens is 1. The van der Waals surface area contributed by atoms with Crippen LogP contribution in [-0.4, -0.2) is 49.5 Å². The zero-order chi connectivity index (χ0) is 13.4. The van der Waals surface area contributed by atoms with Crippen LogP contribution in [0, 0.1) is 5.82 Å². The largest absolute Gasteiger partial charge is 0.489 e. The molecule has 0 aliphatic heterocycles. The molecule has 1 N–H and O–H groups in total. The highest BCUT2D eigenvalue weighted by Gasteiger charge is 2.09. The first-order chi connectivity index (χ1) is 8.65. The molecule has 0 spiro atoms. The van der Waals surface area contributed by atoms with E-state index in [0.717, 1.165) is 0 Å². The predicted octanol–water partition coefficient (Wildman–Crippen LogP) is 1.27. The molecule has 1 aromatic rings. The Hall–Kier alpha value is -1.82. The number of likely N-dealkylation sites (N-methyl/N-ethyl adjacent to an activating group) is 1. The molecule has 0 saturated carbocycles. The lowest BCUT2D eigenvalue weighted by atomic mass is 10.3. The number of amides is 1. The molecule has 18 heavy (non-hydrogen) atoms. The summed E-state index contributed by atoms with van der Waals surface area (Å²) in [7, 11) is 1.53. The number of hydrogen-bond donors (Lipinski definition) is 1. The SMILES string of the molecule is CN(CCOc1ccccc1F)C(=O)OCCO. The highest BCUT2D eigenvalue weighted by atomic mass is 19.1. The molecule has 1 aromatic carbocycles. The van der Waals surface area contributed by atoms with Gasteiger partial charge in [0.1, 0.15) is 13.2 Å². The average Bonchev–Trinajstić information content (AvgIpc) is 2.38. The Balaban J connectivity index is 2.29. The monoisotopic (exact) mass is 257 g/mol. The topological polar surface area (TPSA) is 59.0 Å². The number of ether oxygens (including phenoxy) is 2. The summed E-state index contributed by atoms with van der Waals surface area (Å²) in [4.78, 5) is 12.6. The second-order valence-corrected chi connectivity index (χ2v) is 3.54. The van der Waals surface area contributed by atoms with Gasteiger partial charge in [-0.3, -0.25) is 0 Å². The molecule has 0 saturated heterocycles. The fraction of sp³-hybridized carbons (Fsp3) is 0.417. The first kappa shape index (κ1) is 14.2.